The van der Waals surface area contributed by atoms with Gasteiger partial charge in [-0.05, 0) is 13.0 Å². The Bertz CT molecular complexity index is 620. The standard InChI is InChI=1S/C11H11NO6S/c1-2-18-11(13)7-8-19(16,17)10-6-4-3-5-9(10)12(14)15/h3-8H,2H2,1H3/b8-7-. The quantitative estimate of drug-likeness (QED) is 0.351. The van der Waals surface area contributed by atoms with Crippen LogP contribution >= 0.6 is 0 Å². The van der Waals surface area contributed by atoms with E-state index in [0.717, 1.165) is 18.2 Å². The molecule has 19 heavy (non-hydrogen) atoms. The van der Waals surface area contributed by atoms with Crippen molar-refractivity contribution in [3.63, 3.8) is 0 Å². The van der Waals surface area contributed by atoms with E-state index in [1.165, 1.54) is 12.1 Å². The maximum absolute atomic E-state index is 11.9. The molecule has 0 atom stereocenters. The predicted molar refractivity (Wildman–Crippen MR) is 66.1 cm³/mol. The van der Waals surface area contributed by atoms with Crippen molar-refractivity contribution in [3.8, 4) is 0 Å². The second-order valence-electron chi connectivity index (χ2n) is 3.32. The van der Waals surface area contributed by atoms with Crippen LogP contribution in [0, 0.1) is 10.1 Å². The largest absolute Gasteiger partial charge is 0.463 e. The first-order valence-corrected chi connectivity index (χ1v) is 6.76. The van der Waals surface area contributed by atoms with Gasteiger partial charge in [0.15, 0.2) is 0 Å². The number of carbonyl (C=O) groups excluding carboxylic acids is 1. The molecule has 0 spiro atoms. The highest BCUT2D eigenvalue weighted by Crippen LogP contribution is 2.24. The molecule has 0 aromatic heterocycles. The molecule has 0 aliphatic heterocycles. The fraction of sp³-hybridized carbons (Fsp3) is 0.182. The molecule has 0 bridgehead atoms. The summed E-state index contributed by atoms with van der Waals surface area (Å²) in [6.45, 7) is 1.68. The molecule has 0 saturated carbocycles. The Morgan fingerprint density at radius 2 is 2.05 bits per heavy atom. The molecule has 0 heterocycles. The third-order valence-corrected chi connectivity index (χ3v) is 3.49. The molecular weight excluding hydrogens is 274 g/mol. The molecule has 0 N–H and O–H groups in total. The fourth-order valence-corrected chi connectivity index (χ4v) is 2.40. The summed E-state index contributed by atoms with van der Waals surface area (Å²) in [6.07, 6.45) is 0.718. The second kappa shape index (κ2) is 6.10. The molecule has 1 aromatic rings. The molecule has 7 nitrogen and oxygen atoms in total. The average molecular weight is 285 g/mol. The van der Waals surface area contributed by atoms with E-state index in [-0.39, 0.29) is 6.61 Å². The number of hydrogen-bond donors (Lipinski definition) is 0. The molecule has 0 saturated heterocycles. The lowest BCUT2D eigenvalue weighted by atomic mass is 10.3. The summed E-state index contributed by atoms with van der Waals surface area (Å²) in [5.41, 5.74) is -0.545. The number of nitro groups is 1. The molecule has 1 rings (SSSR count). The zero-order valence-corrected chi connectivity index (χ0v) is 10.8. The highest BCUT2D eigenvalue weighted by atomic mass is 32.2. The van der Waals surface area contributed by atoms with Gasteiger partial charge in [0.1, 0.15) is 4.90 Å². The number of ether oxygens (including phenoxy) is 1. The van der Waals surface area contributed by atoms with Gasteiger partial charge in [0.25, 0.3) is 5.69 Å². The van der Waals surface area contributed by atoms with E-state index in [2.05, 4.69) is 4.74 Å². The average Bonchev–Trinajstić information content (AvgIpc) is 2.37. The summed E-state index contributed by atoms with van der Waals surface area (Å²) < 4.78 is 28.3. The summed E-state index contributed by atoms with van der Waals surface area (Å²) >= 11 is 0. The first-order chi connectivity index (χ1) is 8.88. The molecule has 8 heteroatoms. The smallest absolute Gasteiger partial charge is 0.331 e. The van der Waals surface area contributed by atoms with Gasteiger partial charge in [0.2, 0.25) is 9.84 Å². The number of esters is 1. The first kappa shape index (κ1) is 14.8. The number of rotatable bonds is 5. The van der Waals surface area contributed by atoms with Gasteiger partial charge in [-0.15, -0.1) is 0 Å². The maximum Gasteiger partial charge on any atom is 0.331 e. The number of hydrogen-bond acceptors (Lipinski definition) is 6. The minimum atomic E-state index is -4.07. The van der Waals surface area contributed by atoms with Crippen molar-refractivity contribution < 1.29 is 22.9 Å². The van der Waals surface area contributed by atoms with Crippen LogP contribution in [0.4, 0.5) is 5.69 Å². The lowest BCUT2D eigenvalue weighted by Crippen LogP contribution is -2.04. The van der Waals surface area contributed by atoms with Crippen molar-refractivity contribution in [2.75, 3.05) is 6.61 Å². The van der Waals surface area contributed by atoms with Gasteiger partial charge < -0.3 is 4.74 Å². The molecule has 0 fully saturated rings. The summed E-state index contributed by atoms with van der Waals surface area (Å²) in [6, 6.07) is 4.89. The minimum Gasteiger partial charge on any atom is -0.463 e. The van der Waals surface area contributed by atoms with Crippen molar-refractivity contribution in [1.82, 2.24) is 0 Å². The SMILES string of the molecule is CCOC(=O)/C=C\S(=O)(=O)c1ccccc1[N+](=O)[O-]. The van der Waals surface area contributed by atoms with Crippen LogP contribution in [0.5, 0.6) is 0 Å². The maximum atomic E-state index is 11.9. The summed E-state index contributed by atoms with van der Waals surface area (Å²) in [5, 5.41) is 11.3. The van der Waals surface area contributed by atoms with Gasteiger partial charge in [0.05, 0.1) is 11.5 Å². The van der Waals surface area contributed by atoms with Crippen molar-refractivity contribution in [1.29, 1.82) is 0 Å². The number of para-hydroxylation sites is 1. The van der Waals surface area contributed by atoms with E-state index in [1.807, 2.05) is 0 Å². The number of nitrogens with zero attached hydrogens (tertiary/aromatic N) is 1. The van der Waals surface area contributed by atoms with E-state index in [4.69, 9.17) is 0 Å². The van der Waals surface area contributed by atoms with E-state index in [1.54, 1.807) is 6.92 Å². The monoisotopic (exact) mass is 285 g/mol. The van der Waals surface area contributed by atoms with Gasteiger partial charge in [-0.25, -0.2) is 13.2 Å². The molecule has 0 aliphatic rings. The third-order valence-electron chi connectivity index (χ3n) is 2.04. The van der Waals surface area contributed by atoms with Gasteiger partial charge in [-0.1, -0.05) is 12.1 Å². The Morgan fingerprint density at radius 3 is 2.63 bits per heavy atom. The topological polar surface area (TPSA) is 104 Å². The van der Waals surface area contributed by atoms with Gasteiger partial charge in [-0.2, -0.15) is 0 Å². The van der Waals surface area contributed by atoms with Crippen molar-refractivity contribution in [2.45, 2.75) is 11.8 Å². The summed E-state index contributed by atoms with van der Waals surface area (Å²) in [5.74, 6) is -0.829. The summed E-state index contributed by atoms with van der Waals surface area (Å²) in [4.78, 5) is 20.5. The number of sulfone groups is 1. The Labute approximate surface area is 109 Å². The lowest BCUT2D eigenvalue weighted by molar-refractivity contribution is -0.387. The van der Waals surface area contributed by atoms with Gasteiger partial charge >= 0.3 is 5.97 Å². The van der Waals surface area contributed by atoms with Crippen molar-refractivity contribution in [2.24, 2.45) is 0 Å². The van der Waals surface area contributed by atoms with Crippen molar-refractivity contribution >= 4 is 21.5 Å². The summed E-state index contributed by atoms with van der Waals surface area (Å²) in [7, 11) is -4.07. The Balaban J connectivity index is 3.15. The van der Waals surface area contributed by atoms with Crippen molar-refractivity contribution in [3.05, 3.63) is 45.9 Å². The minimum absolute atomic E-state index is 0.106. The zero-order chi connectivity index (χ0) is 14.5. The second-order valence-corrected chi connectivity index (χ2v) is 5.13. The molecule has 0 aliphatic carbocycles. The van der Waals surface area contributed by atoms with E-state index in [9.17, 15) is 23.3 Å². The van der Waals surface area contributed by atoms with Crippen LogP contribution in [0.1, 0.15) is 6.92 Å². The molecule has 0 radical (unpaired) electrons. The van der Waals surface area contributed by atoms with Gasteiger partial charge in [0, 0.05) is 17.6 Å². The van der Waals surface area contributed by atoms with Crippen LogP contribution in [0.3, 0.4) is 0 Å². The first-order valence-electron chi connectivity index (χ1n) is 5.22. The number of carbonyl (C=O) groups is 1. The predicted octanol–water partition coefficient (Wildman–Crippen LogP) is 1.45. The molecule has 1 aromatic carbocycles. The van der Waals surface area contributed by atoms with Gasteiger partial charge in [-0.3, -0.25) is 10.1 Å². The van der Waals surface area contributed by atoms with E-state index in [0.29, 0.717) is 5.41 Å². The Morgan fingerprint density at radius 1 is 1.42 bits per heavy atom. The van der Waals surface area contributed by atoms with E-state index >= 15 is 0 Å². The highest BCUT2D eigenvalue weighted by Gasteiger charge is 2.23. The molecule has 102 valence electrons. The van der Waals surface area contributed by atoms with Crippen LogP contribution in [-0.2, 0) is 19.4 Å². The highest BCUT2D eigenvalue weighted by molar-refractivity contribution is 7.94. The van der Waals surface area contributed by atoms with Crippen LogP contribution in [0.15, 0.2) is 40.6 Å². The zero-order valence-electron chi connectivity index (χ0n) is 9.98. The number of benzene rings is 1. The van der Waals surface area contributed by atoms with Crippen LogP contribution in [-0.4, -0.2) is 25.9 Å². The normalized spacial score (nSPS) is 11.4. The Hall–Kier alpha value is -2.22. The fourth-order valence-electron chi connectivity index (χ4n) is 1.26. The molecular formula is C11H11NO6S. The lowest BCUT2D eigenvalue weighted by Gasteiger charge is -2.00. The number of nitro benzene ring substituents is 1. The van der Waals surface area contributed by atoms with Crippen LogP contribution in [0.25, 0.3) is 0 Å². The Kier molecular flexibility index (Phi) is 4.76. The van der Waals surface area contributed by atoms with E-state index < -0.39 is 31.3 Å². The molecule has 0 unspecified atom stereocenters. The van der Waals surface area contributed by atoms with Crippen LogP contribution < -0.4 is 0 Å². The molecule has 0 amide bonds. The van der Waals surface area contributed by atoms with Crippen LogP contribution in [0.2, 0.25) is 0 Å². The third kappa shape index (κ3) is 3.88.